The second-order valence-corrected chi connectivity index (χ2v) is 10.4. The molecule has 1 aliphatic heterocycles. The fourth-order valence-corrected chi connectivity index (χ4v) is 5.23. The average molecular weight is 516 g/mol. The van der Waals surface area contributed by atoms with E-state index in [1.807, 2.05) is 43.8 Å². The van der Waals surface area contributed by atoms with Crippen LogP contribution in [-0.2, 0) is 19.8 Å². The molecule has 2 atom stereocenters. The summed E-state index contributed by atoms with van der Waals surface area (Å²) in [5.74, 6) is -0.650. The first-order valence-corrected chi connectivity index (χ1v) is 12.6. The van der Waals surface area contributed by atoms with E-state index >= 15 is 0 Å². The van der Waals surface area contributed by atoms with Crippen molar-refractivity contribution in [3.8, 4) is 0 Å². The Morgan fingerprint density at radius 1 is 1.05 bits per heavy atom. The molecule has 0 saturated carbocycles. The van der Waals surface area contributed by atoms with Gasteiger partial charge in [-0.15, -0.1) is 0 Å². The normalized spacial score (nSPS) is 18.5. The highest BCUT2D eigenvalue weighted by atomic mass is 19.4. The van der Waals surface area contributed by atoms with Gasteiger partial charge in [0, 0.05) is 63.1 Å². The van der Waals surface area contributed by atoms with E-state index in [0.29, 0.717) is 43.9 Å². The Labute approximate surface area is 215 Å². The van der Waals surface area contributed by atoms with Crippen molar-refractivity contribution < 1.29 is 22.4 Å². The van der Waals surface area contributed by atoms with Crippen LogP contribution in [0.3, 0.4) is 0 Å². The van der Waals surface area contributed by atoms with Crippen LogP contribution in [0.25, 0.3) is 0 Å². The topological polar surface area (TPSA) is 28.5 Å². The van der Waals surface area contributed by atoms with Gasteiger partial charge in [-0.05, 0) is 59.9 Å². The molecule has 1 aromatic heterocycles. The van der Waals surface area contributed by atoms with Crippen LogP contribution in [0.5, 0.6) is 0 Å². The molecule has 8 heteroatoms. The van der Waals surface area contributed by atoms with E-state index in [1.165, 1.54) is 36.4 Å². The number of halogens is 4. The predicted molar refractivity (Wildman–Crippen MR) is 136 cm³/mol. The summed E-state index contributed by atoms with van der Waals surface area (Å²) < 4.78 is 56.0. The standard InChI is InChI=1S/C29H33F4N3O/c1-20(2)15-36(28(37)21-9-11-25(30)12-10-21)17-23-16-35(18-26-8-5-13-34(26)3)19-27(23)22-6-4-7-24(14-22)29(31,32)33/h4-14,20,23,27H,15-19H2,1-3H3/t23-,27-/m1/s1. The van der Waals surface area contributed by atoms with Crippen LogP contribution in [0.1, 0.15) is 46.9 Å². The maximum absolute atomic E-state index is 13.5. The maximum atomic E-state index is 13.5. The fraction of sp³-hybridized carbons (Fsp3) is 0.414. The molecule has 3 aromatic rings. The molecule has 2 aromatic carbocycles. The largest absolute Gasteiger partial charge is 0.416 e. The molecule has 0 bridgehead atoms. The lowest BCUT2D eigenvalue weighted by Gasteiger charge is -2.30. The number of likely N-dealkylation sites (tertiary alicyclic amines) is 1. The van der Waals surface area contributed by atoms with Crippen molar-refractivity contribution in [2.24, 2.45) is 18.9 Å². The third-order valence-corrected chi connectivity index (χ3v) is 7.01. The molecule has 198 valence electrons. The van der Waals surface area contributed by atoms with E-state index in [0.717, 1.165) is 11.8 Å². The molecular formula is C29H33F4N3O. The quantitative estimate of drug-likeness (QED) is 0.335. The zero-order valence-electron chi connectivity index (χ0n) is 21.4. The Hall–Kier alpha value is -3.13. The zero-order valence-corrected chi connectivity index (χ0v) is 21.4. The van der Waals surface area contributed by atoms with Crippen LogP contribution in [0, 0.1) is 17.7 Å². The number of hydrogen-bond acceptors (Lipinski definition) is 2. The highest BCUT2D eigenvalue weighted by molar-refractivity contribution is 5.94. The van der Waals surface area contributed by atoms with Gasteiger partial charge in [0.1, 0.15) is 5.82 Å². The van der Waals surface area contributed by atoms with Gasteiger partial charge in [-0.2, -0.15) is 13.2 Å². The lowest BCUT2D eigenvalue weighted by molar-refractivity contribution is -0.137. The molecule has 1 saturated heterocycles. The zero-order chi connectivity index (χ0) is 26.7. The van der Waals surface area contributed by atoms with Crippen LogP contribution >= 0.6 is 0 Å². The number of aryl methyl sites for hydroxylation is 1. The number of rotatable bonds is 8. The average Bonchev–Trinajstić information content (AvgIpc) is 3.43. The van der Waals surface area contributed by atoms with Gasteiger partial charge in [0.05, 0.1) is 5.56 Å². The molecule has 4 nitrogen and oxygen atoms in total. The van der Waals surface area contributed by atoms with Gasteiger partial charge in [0.15, 0.2) is 0 Å². The Bertz CT molecular complexity index is 1200. The summed E-state index contributed by atoms with van der Waals surface area (Å²) in [4.78, 5) is 17.5. The summed E-state index contributed by atoms with van der Waals surface area (Å²) in [5, 5.41) is 0. The highest BCUT2D eigenvalue weighted by Crippen LogP contribution is 2.37. The number of hydrogen-bond donors (Lipinski definition) is 0. The van der Waals surface area contributed by atoms with E-state index in [4.69, 9.17) is 0 Å². The molecule has 0 N–H and O–H groups in total. The SMILES string of the molecule is CC(C)CN(C[C@H]1CN(Cc2cccn2C)C[C@@H]1c1cccc(C(F)(F)F)c1)C(=O)c1ccc(F)cc1. The number of benzene rings is 2. The van der Waals surface area contributed by atoms with Crippen molar-refractivity contribution in [3.63, 3.8) is 0 Å². The van der Waals surface area contributed by atoms with Crippen molar-refractivity contribution in [3.05, 3.63) is 95.1 Å². The van der Waals surface area contributed by atoms with Gasteiger partial charge in [-0.25, -0.2) is 4.39 Å². The van der Waals surface area contributed by atoms with Gasteiger partial charge in [-0.3, -0.25) is 9.69 Å². The monoisotopic (exact) mass is 515 g/mol. The fourth-order valence-electron chi connectivity index (χ4n) is 5.23. The summed E-state index contributed by atoms with van der Waals surface area (Å²) in [6, 6.07) is 15.1. The molecule has 1 aliphatic rings. The van der Waals surface area contributed by atoms with E-state index < -0.39 is 17.6 Å². The van der Waals surface area contributed by atoms with E-state index in [-0.39, 0.29) is 23.7 Å². The summed E-state index contributed by atoms with van der Waals surface area (Å²) in [6.07, 6.45) is -2.45. The number of aromatic nitrogens is 1. The minimum Gasteiger partial charge on any atom is -0.353 e. The van der Waals surface area contributed by atoms with Gasteiger partial charge < -0.3 is 9.47 Å². The van der Waals surface area contributed by atoms with Crippen LogP contribution in [0.2, 0.25) is 0 Å². The molecule has 2 heterocycles. The maximum Gasteiger partial charge on any atom is 0.416 e. The summed E-state index contributed by atoms with van der Waals surface area (Å²) in [5.41, 5.74) is 1.49. The smallest absolute Gasteiger partial charge is 0.353 e. The van der Waals surface area contributed by atoms with Gasteiger partial charge in [0.25, 0.3) is 5.91 Å². The summed E-state index contributed by atoms with van der Waals surface area (Å²) in [7, 11) is 1.97. The van der Waals surface area contributed by atoms with Crippen LogP contribution in [0.4, 0.5) is 17.6 Å². The second-order valence-electron chi connectivity index (χ2n) is 10.4. The van der Waals surface area contributed by atoms with Crippen molar-refractivity contribution >= 4 is 5.91 Å². The molecule has 0 unspecified atom stereocenters. The summed E-state index contributed by atoms with van der Waals surface area (Å²) >= 11 is 0. The van der Waals surface area contributed by atoms with Crippen molar-refractivity contribution in [1.82, 2.24) is 14.4 Å². The first kappa shape index (κ1) is 26.9. The molecule has 4 rings (SSSR count). The molecule has 37 heavy (non-hydrogen) atoms. The van der Waals surface area contributed by atoms with Crippen LogP contribution in [-0.4, -0.2) is 46.5 Å². The minimum absolute atomic E-state index is 0.0631. The third-order valence-electron chi connectivity index (χ3n) is 7.01. The predicted octanol–water partition coefficient (Wildman–Crippen LogP) is 6.20. The Kier molecular flexibility index (Phi) is 8.07. The molecule has 0 radical (unpaired) electrons. The third kappa shape index (κ3) is 6.60. The minimum atomic E-state index is -4.42. The first-order chi connectivity index (χ1) is 17.5. The van der Waals surface area contributed by atoms with Crippen LogP contribution in [0.15, 0.2) is 66.9 Å². The van der Waals surface area contributed by atoms with Crippen molar-refractivity contribution in [2.45, 2.75) is 32.5 Å². The Morgan fingerprint density at radius 2 is 1.78 bits per heavy atom. The molecule has 0 aliphatic carbocycles. The number of alkyl halides is 3. The van der Waals surface area contributed by atoms with Crippen molar-refractivity contribution in [1.29, 1.82) is 0 Å². The highest BCUT2D eigenvalue weighted by Gasteiger charge is 2.38. The molecule has 1 fully saturated rings. The lowest BCUT2D eigenvalue weighted by Crippen LogP contribution is -2.39. The van der Waals surface area contributed by atoms with Gasteiger partial charge in [-0.1, -0.05) is 32.0 Å². The van der Waals surface area contributed by atoms with E-state index in [2.05, 4.69) is 4.90 Å². The Balaban J connectivity index is 1.63. The molecule has 1 amide bonds. The molecule has 0 spiro atoms. The summed E-state index contributed by atoms with van der Waals surface area (Å²) in [6.45, 7) is 6.86. The second kappa shape index (κ2) is 11.1. The number of nitrogens with zero attached hydrogens (tertiary/aromatic N) is 3. The van der Waals surface area contributed by atoms with Crippen molar-refractivity contribution in [2.75, 3.05) is 26.2 Å². The number of carbonyl (C=O) groups is 1. The molecular weight excluding hydrogens is 482 g/mol. The Morgan fingerprint density at radius 3 is 2.41 bits per heavy atom. The number of amides is 1. The van der Waals surface area contributed by atoms with E-state index in [9.17, 15) is 22.4 Å². The lowest BCUT2D eigenvalue weighted by atomic mass is 9.87. The van der Waals surface area contributed by atoms with Gasteiger partial charge >= 0.3 is 6.18 Å². The number of carbonyl (C=O) groups excluding carboxylic acids is 1. The van der Waals surface area contributed by atoms with Gasteiger partial charge in [0.2, 0.25) is 0 Å². The first-order valence-electron chi connectivity index (χ1n) is 12.6. The van der Waals surface area contributed by atoms with E-state index in [1.54, 1.807) is 11.0 Å². The van der Waals surface area contributed by atoms with Crippen LogP contribution < -0.4 is 0 Å².